The Morgan fingerprint density at radius 1 is 0.824 bits per heavy atom. The highest BCUT2D eigenvalue weighted by molar-refractivity contribution is 7.80. The van der Waals surface area contributed by atoms with Crippen LogP contribution < -0.4 is 10.1 Å². The molecule has 2 fully saturated rings. The Bertz CT molecular complexity index is 2660. The van der Waals surface area contributed by atoms with Gasteiger partial charge in [-0.2, -0.15) is 8.42 Å². The van der Waals surface area contributed by atoms with Crippen LogP contribution in [0.5, 0.6) is 23.0 Å². The maximum absolute atomic E-state index is 14.2. The molecule has 2 aliphatic heterocycles. The molecule has 0 saturated carbocycles. The highest BCUT2D eigenvalue weighted by Gasteiger charge is 2.54. The number of nitrogens with one attached hydrogen (secondary N) is 1. The molecular weight excluding hydrogens is 933 g/mol. The number of hydrogen-bond acceptors (Lipinski definition) is 22. The van der Waals surface area contributed by atoms with Crippen LogP contribution in [-0.4, -0.2) is 194 Å². The van der Waals surface area contributed by atoms with Crippen molar-refractivity contribution in [2.45, 2.75) is 93.4 Å². The normalized spacial score (nSPS) is 29.4. The lowest BCUT2D eigenvalue weighted by molar-refractivity contribution is -0.355. The summed E-state index contributed by atoms with van der Waals surface area (Å²) in [6, 6.07) is 1.53. The topological polar surface area (TPSA) is 396 Å². The Hall–Kier alpha value is -5.43. The molecule has 2 heterocycles. The van der Waals surface area contributed by atoms with E-state index in [9.17, 15) is 83.2 Å². The molecule has 4 aliphatic rings. The van der Waals surface area contributed by atoms with Crippen molar-refractivity contribution in [3.8, 4) is 34.1 Å². The molecule has 0 aromatic heterocycles. The van der Waals surface area contributed by atoms with Crippen LogP contribution in [0.3, 0.4) is 0 Å². The first kappa shape index (κ1) is 50.4. The fraction of sp³-hybridized carbons (Fsp3) is 0.476. The van der Waals surface area contributed by atoms with Gasteiger partial charge in [0.25, 0.3) is 5.91 Å². The van der Waals surface area contributed by atoms with Crippen LogP contribution >= 0.6 is 0 Å². The molecule has 370 valence electrons. The van der Waals surface area contributed by atoms with E-state index in [-0.39, 0.29) is 22.4 Å². The molecule has 0 spiro atoms. The Kier molecular flexibility index (Phi) is 14.0. The van der Waals surface area contributed by atoms with E-state index in [2.05, 4.69) is 9.50 Å². The number of ether oxygens (including phenoxy) is 5. The van der Waals surface area contributed by atoms with Crippen molar-refractivity contribution in [2.75, 3.05) is 34.4 Å². The number of aliphatic carboxylic acids is 1. The number of aliphatic hydroxyl groups is 6. The van der Waals surface area contributed by atoms with Gasteiger partial charge in [0.1, 0.15) is 71.8 Å². The summed E-state index contributed by atoms with van der Waals surface area (Å²) >= 11 is 0. The van der Waals surface area contributed by atoms with E-state index in [1.54, 1.807) is 14.1 Å². The SMILES string of the molecule is COc1cc(O)c2c(c1)C(=O)c1c(cc3c(c1O)-c1c(cc(C)c(C(=O)NC(CO)C(=O)O)c1O)[C@H](OC1OC(C)C(N(C)C)C(OC4OC(CO)C(O)C(OS(=O)(=O)O)C4O)C1O)[C@H]3O)C2=O. The van der Waals surface area contributed by atoms with Crippen LogP contribution in [0, 0.1) is 6.92 Å². The molecule has 3 aromatic carbocycles. The number of carbonyl (C=O) groups excluding carboxylic acids is 3. The minimum absolute atomic E-state index is 0.0349. The molecule has 7 rings (SSSR count). The van der Waals surface area contributed by atoms with Crippen LogP contribution in [0.25, 0.3) is 11.1 Å². The monoisotopic (exact) mass is 980 g/mol. The molecular formula is C42H48N2O23S. The van der Waals surface area contributed by atoms with Gasteiger partial charge in [0.2, 0.25) is 0 Å². The third kappa shape index (κ3) is 8.66. The number of carboxylic acids is 1. The lowest BCUT2D eigenvalue weighted by Gasteiger charge is -2.49. The molecule has 3 aromatic rings. The van der Waals surface area contributed by atoms with Gasteiger partial charge in [-0.15, -0.1) is 0 Å². The summed E-state index contributed by atoms with van der Waals surface area (Å²) in [4.78, 5) is 55.3. The fourth-order valence-corrected chi connectivity index (χ4v) is 9.71. The first-order valence-electron chi connectivity index (χ1n) is 20.6. The highest BCUT2D eigenvalue weighted by atomic mass is 32.3. The quantitative estimate of drug-likeness (QED) is 0.0638. The molecule has 13 atom stereocenters. The summed E-state index contributed by atoms with van der Waals surface area (Å²) in [5, 5.41) is 112. The van der Waals surface area contributed by atoms with Crippen LogP contribution in [-0.2, 0) is 38.3 Å². The lowest BCUT2D eigenvalue weighted by atomic mass is 9.74. The second kappa shape index (κ2) is 18.8. The number of likely N-dealkylation sites (N-methyl/N-ethyl adjacent to an activating group) is 1. The van der Waals surface area contributed by atoms with Gasteiger partial charge in [-0.25, -0.2) is 8.98 Å². The van der Waals surface area contributed by atoms with E-state index in [0.29, 0.717) is 0 Å². The van der Waals surface area contributed by atoms with E-state index >= 15 is 0 Å². The average Bonchev–Trinajstić information content (AvgIpc) is 3.26. The number of hydrogen-bond donors (Lipinski definition) is 12. The molecule has 26 heteroatoms. The Morgan fingerprint density at radius 2 is 1.43 bits per heavy atom. The van der Waals surface area contributed by atoms with Gasteiger partial charge in [0.05, 0.1) is 49.2 Å². The molecule has 25 nitrogen and oxygen atoms in total. The number of phenolic OH excluding ortho intramolecular Hbond substituents is 3. The minimum atomic E-state index is -5.33. The Morgan fingerprint density at radius 3 is 2.01 bits per heavy atom. The van der Waals surface area contributed by atoms with Crippen LogP contribution in [0.2, 0.25) is 0 Å². The summed E-state index contributed by atoms with van der Waals surface area (Å²) < 4.78 is 66.4. The van der Waals surface area contributed by atoms with Gasteiger partial charge in [0, 0.05) is 28.3 Å². The predicted octanol–water partition coefficient (Wildman–Crippen LogP) is -2.11. The van der Waals surface area contributed by atoms with Crippen molar-refractivity contribution in [3.63, 3.8) is 0 Å². The second-order valence-electron chi connectivity index (χ2n) is 16.7. The van der Waals surface area contributed by atoms with E-state index < -0.39 is 183 Å². The van der Waals surface area contributed by atoms with E-state index in [1.165, 1.54) is 31.9 Å². The number of aromatic hydroxyl groups is 3. The predicted molar refractivity (Wildman–Crippen MR) is 223 cm³/mol. The molecule has 0 bridgehead atoms. The van der Waals surface area contributed by atoms with Gasteiger partial charge < -0.3 is 85.0 Å². The van der Waals surface area contributed by atoms with Crippen LogP contribution in [0.4, 0.5) is 0 Å². The van der Waals surface area contributed by atoms with Crippen molar-refractivity contribution in [1.29, 1.82) is 0 Å². The van der Waals surface area contributed by atoms with E-state index in [0.717, 1.165) is 18.2 Å². The zero-order valence-corrected chi connectivity index (χ0v) is 37.2. The largest absolute Gasteiger partial charge is 0.507 e. The third-order valence-corrected chi connectivity index (χ3v) is 12.8. The Labute approximate surface area is 385 Å². The fourth-order valence-electron chi connectivity index (χ4n) is 9.20. The highest BCUT2D eigenvalue weighted by Crippen LogP contribution is 2.57. The summed E-state index contributed by atoms with van der Waals surface area (Å²) in [6.45, 7) is 0.740. The van der Waals surface area contributed by atoms with Crippen molar-refractivity contribution >= 4 is 33.8 Å². The number of carboxylic acid groups (broad SMARTS) is 1. The number of carbonyl (C=O) groups is 4. The summed E-state index contributed by atoms with van der Waals surface area (Å²) in [6.07, 6.45) is -20.5. The van der Waals surface area contributed by atoms with E-state index in [1.807, 2.05) is 0 Å². The maximum atomic E-state index is 14.2. The first-order valence-corrected chi connectivity index (χ1v) is 21.9. The van der Waals surface area contributed by atoms with Gasteiger partial charge >= 0.3 is 16.4 Å². The average molecular weight is 981 g/mol. The third-order valence-electron chi connectivity index (χ3n) is 12.3. The van der Waals surface area contributed by atoms with E-state index in [4.69, 9.17) is 23.7 Å². The molecule has 12 N–H and O–H groups in total. The number of ketones is 2. The standard InChI is InChI=1S/C42H48N2O23S/c1-12-6-18-25(32(52)22(12)39(56)43-19(10-45)40(57)58)24-16(9-17-26(33(24)53)29(49)15-7-14(62-5)8-20(47)23(15)28(17)48)30(50)36(18)65-41-34(54)37(27(44(3)4)13(2)63-41)66-42-35(55)38(67-68(59,60)61)31(51)21(11-46)64-42/h6-9,13,19,21,27,30-31,34-38,41-42,45-47,50-55H,10-11H2,1-5H3,(H,43,56)(H,57,58)(H,59,60,61)/t13?,19?,21?,27?,30-,31?,34?,35?,36-,37?,38?,41?,42?/m0/s1. The summed E-state index contributed by atoms with van der Waals surface area (Å²) in [7, 11) is -1.01. The minimum Gasteiger partial charge on any atom is -0.507 e. The molecule has 2 aliphatic carbocycles. The molecule has 0 radical (unpaired) electrons. The molecule has 11 unspecified atom stereocenters. The number of nitrogens with zero attached hydrogens (tertiary/aromatic N) is 1. The maximum Gasteiger partial charge on any atom is 0.397 e. The summed E-state index contributed by atoms with van der Waals surface area (Å²) in [5.41, 5.74) is -4.44. The number of aliphatic hydroxyl groups excluding tert-OH is 6. The van der Waals surface area contributed by atoms with Gasteiger partial charge in [-0.1, -0.05) is 6.07 Å². The lowest BCUT2D eigenvalue weighted by Crippen LogP contribution is -2.66. The number of methoxy groups -OCH3 is 1. The van der Waals surface area contributed by atoms with Crippen molar-refractivity contribution in [3.05, 3.63) is 68.8 Å². The molecule has 1 amide bonds. The second-order valence-corrected chi connectivity index (χ2v) is 17.8. The number of benzene rings is 3. The summed E-state index contributed by atoms with van der Waals surface area (Å²) in [5.74, 6) is -7.57. The zero-order valence-electron chi connectivity index (χ0n) is 36.4. The van der Waals surface area contributed by atoms with Gasteiger partial charge in [-0.3, -0.25) is 18.9 Å². The smallest absolute Gasteiger partial charge is 0.397 e. The number of rotatable bonds is 13. The van der Waals surface area contributed by atoms with Crippen molar-refractivity contribution < 1.29 is 111 Å². The Balaban J connectivity index is 1.36. The zero-order chi connectivity index (χ0) is 50.2. The number of amides is 1. The van der Waals surface area contributed by atoms with Crippen molar-refractivity contribution in [1.82, 2.24) is 10.2 Å². The van der Waals surface area contributed by atoms with Crippen LogP contribution in [0.1, 0.15) is 78.0 Å². The molecule has 68 heavy (non-hydrogen) atoms. The van der Waals surface area contributed by atoms with Crippen molar-refractivity contribution in [2.24, 2.45) is 0 Å². The van der Waals surface area contributed by atoms with Gasteiger partial charge in [-0.05, 0) is 56.8 Å². The molecule has 2 saturated heterocycles. The number of phenols is 3. The van der Waals surface area contributed by atoms with Crippen LogP contribution in [0.15, 0.2) is 24.3 Å². The number of aryl methyl sites for hydroxylation is 1. The number of fused-ring (bicyclic) bond motifs is 5. The van der Waals surface area contributed by atoms with Gasteiger partial charge in [0.15, 0.2) is 30.2 Å². The first-order chi connectivity index (χ1) is 31.9.